The number of hydrogen-bond donors (Lipinski definition) is 1. The number of benzene rings is 1. The highest BCUT2D eigenvalue weighted by atomic mass is 32.2. The summed E-state index contributed by atoms with van der Waals surface area (Å²) in [6.45, 7) is 3.47. The molecule has 8 nitrogen and oxygen atoms in total. The number of carbonyl (C=O) groups excluding carboxylic acids is 1. The van der Waals surface area contributed by atoms with Gasteiger partial charge in [-0.25, -0.2) is 8.42 Å². The molecule has 3 rings (SSSR count). The Kier molecular flexibility index (Phi) is 6.46. The Labute approximate surface area is 172 Å². The summed E-state index contributed by atoms with van der Waals surface area (Å²) in [6.07, 6.45) is 3.70. The molecule has 0 unspecified atom stereocenters. The summed E-state index contributed by atoms with van der Waals surface area (Å²) in [4.78, 5) is 14.7. The average molecular weight is 443 g/mol. The molecule has 1 N–H and O–H groups in total. The molecule has 0 saturated carbocycles. The Morgan fingerprint density at radius 2 is 2.04 bits per heavy atom. The van der Waals surface area contributed by atoms with E-state index in [9.17, 15) is 13.2 Å². The molecule has 1 aliphatic heterocycles. The van der Waals surface area contributed by atoms with Crippen LogP contribution in [-0.2, 0) is 10.0 Å². The molecule has 0 bridgehead atoms. The fourth-order valence-electron chi connectivity index (χ4n) is 2.91. The van der Waals surface area contributed by atoms with E-state index in [-0.39, 0.29) is 21.5 Å². The zero-order valence-corrected chi connectivity index (χ0v) is 18.3. The van der Waals surface area contributed by atoms with E-state index in [4.69, 9.17) is 4.74 Å². The molecule has 0 spiro atoms. The van der Waals surface area contributed by atoms with Crippen LogP contribution in [0, 0.1) is 5.92 Å². The summed E-state index contributed by atoms with van der Waals surface area (Å²) >= 11 is 2.53. The Morgan fingerprint density at radius 1 is 1.32 bits per heavy atom. The molecule has 2 heterocycles. The summed E-state index contributed by atoms with van der Waals surface area (Å²) < 4.78 is 33.9. The average Bonchev–Trinajstić information content (AvgIpc) is 3.14. The van der Waals surface area contributed by atoms with Crippen LogP contribution in [0.25, 0.3) is 0 Å². The van der Waals surface area contributed by atoms with Gasteiger partial charge in [0.1, 0.15) is 5.75 Å². The van der Waals surface area contributed by atoms with Crippen LogP contribution in [0.15, 0.2) is 27.4 Å². The Balaban J connectivity index is 1.88. The molecule has 1 aliphatic rings. The fraction of sp³-hybridized carbons (Fsp3) is 0.471. The lowest BCUT2D eigenvalue weighted by molar-refractivity contribution is 0.0693. The van der Waals surface area contributed by atoms with E-state index >= 15 is 0 Å². The molecular formula is C17H22N4O4S3. The molecule has 1 fully saturated rings. The molecule has 0 aliphatic carbocycles. The van der Waals surface area contributed by atoms with Crippen molar-refractivity contribution in [1.29, 1.82) is 0 Å². The Bertz CT molecular complexity index is 953. The van der Waals surface area contributed by atoms with Gasteiger partial charge in [-0.3, -0.25) is 9.52 Å². The van der Waals surface area contributed by atoms with E-state index in [0.29, 0.717) is 29.1 Å². The lowest BCUT2D eigenvalue weighted by Gasteiger charge is -2.30. The zero-order valence-electron chi connectivity index (χ0n) is 15.8. The zero-order chi connectivity index (χ0) is 20.3. The minimum atomic E-state index is -3.91. The van der Waals surface area contributed by atoms with Gasteiger partial charge in [0.05, 0.1) is 17.6 Å². The van der Waals surface area contributed by atoms with Gasteiger partial charge in [-0.15, -0.1) is 10.2 Å². The molecule has 0 atom stereocenters. The number of anilines is 1. The fourth-order valence-corrected chi connectivity index (χ4v) is 5.34. The summed E-state index contributed by atoms with van der Waals surface area (Å²) in [5, 5.41) is 7.88. The van der Waals surface area contributed by atoms with E-state index in [0.717, 1.165) is 24.2 Å². The lowest BCUT2D eigenvalue weighted by Crippen LogP contribution is -2.38. The van der Waals surface area contributed by atoms with Crippen LogP contribution in [-0.4, -0.2) is 55.9 Å². The molecule has 152 valence electrons. The minimum absolute atomic E-state index is 0.0251. The maximum atomic E-state index is 13.0. The number of nitrogens with zero attached hydrogens (tertiary/aromatic N) is 3. The minimum Gasteiger partial charge on any atom is -0.496 e. The molecule has 0 radical (unpaired) electrons. The van der Waals surface area contributed by atoms with Crippen LogP contribution in [0.2, 0.25) is 0 Å². The largest absolute Gasteiger partial charge is 0.496 e. The van der Waals surface area contributed by atoms with Gasteiger partial charge >= 0.3 is 0 Å². The van der Waals surface area contributed by atoms with Crippen LogP contribution in [0.5, 0.6) is 5.75 Å². The third-order valence-corrected chi connectivity index (χ3v) is 7.87. The predicted molar refractivity (Wildman–Crippen MR) is 110 cm³/mol. The standard InChI is InChI=1S/C17H22N4O4S3/c1-11-6-8-21(9-7-11)15(22)13-10-12(4-5-14(13)25-2)28(23,24)20-16-18-19-17(26-3)27-16/h4-5,10-11H,6-9H2,1-3H3,(H,18,20). The Morgan fingerprint density at radius 3 is 2.64 bits per heavy atom. The van der Waals surface area contributed by atoms with Crippen LogP contribution >= 0.6 is 23.1 Å². The van der Waals surface area contributed by atoms with E-state index in [1.54, 1.807) is 4.90 Å². The van der Waals surface area contributed by atoms with Gasteiger partial charge in [-0.2, -0.15) is 0 Å². The highest BCUT2D eigenvalue weighted by Gasteiger charge is 2.26. The van der Waals surface area contributed by atoms with Crippen molar-refractivity contribution in [3.05, 3.63) is 23.8 Å². The van der Waals surface area contributed by atoms with Crippen molar-refractivity contribution in [3.8, 4) is 5.75 Å². The highest BCUT2D eigenvalue weighted by molar-refractivity contribution is 8.00. The molecule has 1 aromatic carbocycles. The number of methoxy groups -OCH3 is 1. The van der Waals surface area contributed by atoms with Crippen molar-refractivity contribution in [2.75, 3.05) is 31.2 Å². The number of sulfonamides is 1. The van der Waals surface area contributed by atoms with Crippen molar-refractivity contribution in [1.82, 2.24) is 15.1 Å². The number of carbonyl (C=O) groups is 1. The highest BCUT2D eigenvalue weighted by Crippen LogP contribution is 2.29. The van der Waals surface area contributed by atoms with Gasteiger partial charge in [0.2, 0.25) is 5.13 Å². The van der Waals surface area contributed by atoms with Gasteiger partial charge in [-0.05, 0) is 43.2 Å². The second-order valence-corrected chi connectivity index (χ2v) is 10.2. The van der Waals surface area contributed by atoms with Gasteiger partial charge in [0, 0.05) is 13.1 Å². The van der Waals surface area contributed by atoms with Crippen molar-refractivity contribution < 1.29 is 17.9 Å². The van der Waals surface area contributed by atoms with Crippen LogP contribution in [0.3, 0.4) is 0 Å². The predicted octanol–water partition coefficient (Wildman–Crippen LogP) is 2.94. The summed E-state index contributed by atoms with van der Waals surface area (Å²) in [7, 11) is -2.45. The van der Waals surface area contributed by atoms with Gasteiger partial charge in [0.25, 0.3) is 15.9 Å². The summed E-state index contributed by atoms with van der Waals surface area (Å²) in [5.74, 6) is 0.712. The number of likely N-dealkylation sites (tertiary alicyclic amines) is 1. The summed E-state index contributed by atoms with van der Waals surface area (Å²) in [5.41, 5.74) is 0.238. The van der Waals surface area contributed by atoms with E-state index in [2.05, 4.69) is 21.8 Å². The first kappa shape index (κ1) is 20.9. The summed E-state index contributed by atoms with van der Waals surface area (Å²) in [6, 6.07) is 4.27. The number of piperidine rings is 1. The van der Waals surface area contributed by atoms with E-state index < -0.39 is 10.0 Å². The van der Waals surface area contributed by atoms with Crippen molar-refractivity contribution in [3.63, 3.8) is 0 Å². The topological polar surface area (TPSA) is 101 Å². The first-order chi connectivity index (χ1) is 13.3. The maximum absolute atomic E-state index is 13.0. The van der Waals surface area contributed by atoms with E-state index in [1.807, 2.05) is 6.26 Å². The smallest absolute Gasteiger partial charge is 0.263 e. The first-order valence-electron chi connectivity index (χ1n) is 8.71. The number of ether oxygens (including phenoxy) is 1. The number of amides is 1. The molecule has 1 aromatic heterocycles. The molecule has 11 heteroatoms. The molecule has 2 aromatic rings. The van der Waals surface area contributed by atoms with Crippen LogP contribution in [0.1, 0.15) is 30.1 Å². The number of aromatic nitrogens is 2. The number of nitrogens with one attached hydrogen (secondary N) is 1. The third-order valence-electron chi connectivity index (χ3n) is 4.59. The van der Waals surface area contributed by atoms with Crippen molar-refractivity contribution >= 4 is 44.2 Å². The Hall–Kier alpha value is -1.85. The van der Waals surface area contributed by atoms with Gasteiger partial charge in [0.15, 0.2) is 4.34 Å². The van der Waals surface area contributed by atoms with Gasteiger partial charge in [-0.1, -0.05) is 30.0 Å². The normalized spacial score (nSPS) is 15.5. The van der Waals surface area contributed by atoms with Gasteiger partial charge < -0.3 is 9.64 Å². The number of hydrogen-bond acceptors (Lipinski definition) is 8. The lowest BCUT2D eigenvalue weighted by atomic mass is 9.98. The SMILES string of the molecule is COc1ccc(S(=O)(=O)Nc2nnc(SC)s2)cc1C(=O)N1CCC(C)CC1. The van der Waals surface area contributed by atoms with Crippen LogP contribution in [0.4, 0.5) is 5.13 Å². The second kappa shape index (κ2) is 8.66. The van der Waals surface area contributed by atoms with Crippen molar-refractivity contribution in [2.45, 2.75) is 29.0 Å². The van der Waals surface area contributed by atoms with E-state index in [1.165, 1.54) is 37.1 Å². The van der Waals surface area contributed by atoms with Crippen molar-refractivity contribution in [2.24, 2.45) is 5.92 Å². The molecule has 28 heavy (non-hydrogen) atoms. The third kappa shape index (κ3) is 4.58. The number of rotatable bonds is 6. The molecule has 1 amide bonds. The molecule has 1 saturated heterocycles. The first-order valence-corrected chi connectivity index (χ1v) is 12.2. The second-order valence-electron chi connectivity index (χ2n) is 6.52. The monoisotopic (exact) mass is 442 g/mol. The number of thioether (sulfide) groups is 1. The van der Waals surface area contributed by atoms with Crippen LogP contribution < -0.4 is 9.46 Å². The molecular weight excluding hydrogens is 420 g/mol. The maximum Gasteiger partial charge on any atom is 0.263 e. The quantitative estimate of drug-likeness (QED) is 0.686.